The van der Waals surface area contributed by atoms with Gasteiger partial charge in [0.1, 0.15) is 0 Å². The first-order chi connectivity index (χ1) is 9.18. The first kappa shape index (κ1) is 14.3. The van der Waals surface area contributed by atoms with Crippen molar-refractivity contribution >= 4 is 5.78 Å². The van der Waals surface area contributed by atoms with Gasteiger partial charge in [0.25, 0.3) is 0 Å². The quantitative estimate of drug-likeness (QED) is 0.750. The summed E-state index contributed by atoms with van der Waals surface area (Å²) in [5.41, 5.74) is 0.825. The topological polar surface area (TPSA) is 20.3 Å². The molecule has 2 heteroatoms. The zero-order chi connectivity index (χ0) is 13.7. The molecule has 1 aliphatic rings. The van der Waals surface area contributed by atoms with Gasteiger partial charge in [0.15, 0.2) is 5.78 Å². The van der Waals surface area contributed by atoms with E-state index in [1.807, 2.05) is 37.3 Å². The third-order valence-corrected chi connectivity index (χ3v) is 4.37. The summed E-state index contributed by atoms with van der Waals surface area (Å²) in [4.78, 5) is 14.6. The van der Waals surface area contributed by atoms with Gasteiger partial charge in [0, 0.05) is 12.1 Å². The molecular weight excluding hydrogens is 234 g/mol. The highest BCUT2D eigenvalue weighted by atomic mass is 16.1. The smallest absolute Gasteiger partial charge is 0.179 e. The number of likely N-dealkylation sites (N-methyl/N-ethyl adjacent to an activating group) is 1. The third kappa shape index (κ3) is 3.90. The molecule has 1 fully saturated rings. The number of carbonyl (C=O) groups excluding carboxylic acids is 1. The molecule has 0 spiro atoms. The summed E-state index contributed by atoms with van der Waals surface area (Å²) in [5, 5.41) is 0. The Labute approximate surface area is 116 Å². The predicted molar refractivity (Wildman–Crippen MR) is 79.4 cm³/mol. The Hall–Kier alpha value is -1.15. The van der Waals surface area contributed by atoms with E-state index in [1.54, 1.807) is 0 Å². The molecule has 0 aromatic heterocycles. The van der Waals surface area contributed by atoms with Crippen molar-refractivity contribution in [2.24, 2.45) is 5.92 Å². The second-order valence-electron chi connectivity index (χ2n) is 5.85. The fraction of sp³-hybridized carbons (Fsp3) is 0.588. The molecule has 1 unspecified atom stereocenters. The molecule has 1 aliphatic carbocycles. The van der Waals surface area contributed by atoms with Gasteiger partial charge in [0.2, 0.25) is 0 Å². The summed E-state index contributed by atoms with van der Waals surface area (Å²) < 4.78 is 0. The molecule has 1 saturated carbocycles. The van der Waals surface area contributed by atoms with Crippen molar-refractivity contribution in [3.05, 3.63) is 35.9 Å². The van der Waals surface area contributed by atoms with Gasteiger partial charge in [-0.3, -0.25) is 9.69 Å². The number of hydrogen-bond donors (Lipinski definition) is 0. The number of benzene rings is 1. The maximum atomic E-state index is 12.4. The molecule has 0 bridgehead atoms. The maximum Gasteiger partial charge on any atom is 0.179 e. The van der Waals surface area contributed by atoms with Crippen LogP contribution in [0.3, 0.4) is 0 Å². The van der Waals surface area contributed by atoms with Crippen LogP contribution in [0.15, 0.2) is 30.3 Å². The molecule has 104 valence electrons. The van der Waals surface area contributed by atoms with Crippen LogP contribution in [0.2, 0.25) is 0 Å². The molecule has 1 aromatic carbocycles. The minimum absolute atomic E-state index is 0.0238. The molecule has 0 N–H and O–H groups in total. The molecule has 2 rings (SSSR count). The molecule has 1 atom stereocenters. The molecule has 2 nitrogen and oxygen atoms in total. The van der Waals surface area contributed by atoms with E-state index in [4.69, 9.17) is 0 Å². The summed E-state index contributed by atoms with van der Waals surface area (Å²) in [6.07, 6.45) is 6.77. The lowest BCUT2D eigenvalue weighted by Crippen LogP contribution is -2.39. The van der Waals surface area contributed by atoms with Crippen LogP contribution >= 0.6 is 0 Å². The van der Waals surface area contributed by atoms with Crippen LogP contribution in [0.25, 0.3) is 0 Å². The Morgan fingerprint density at radius 3 is 2.47 bits per heavy atom. The summed E-state index contributed by atoms with van der Waals surface area (Å²) in [6, 6.07) is 9.61. The standard InChI is InChI=1S/C17H25NO/c1-14(17(19)16-11-7-4-8-12-16)18(2)13-15-9-5-3-6-10-15/h4,7-8,11-12,14-15H,3,5-6,9-10,13H2,1-2H3. The van der Waals surface area contributed by atoms with E-state index in [0.29, 0.717) is 0 Å². The van der Waals surface area contributed by atoms with Gasteiger partial charge in [-0.25, -0.2) is 0 Å². The number of carbonyl (C=O) groups is 1. The lowest BCUT2D eigenvalue weighted by Gasteiger charge is -2.30. The van der Waals surface area contributed by atoms with Gasteiger partial charge >= 0.3 is 0 Å². The highest BCUT2D eigenvalue weighted by Gasteiger charge is 2.22. The van der Waals surface area contributed by atoms with Crippen LogP contribution in [-0.2, 0) is 0 Å². The minimum atomic E-state index is -0.0238. The fourth-order valence-corrected chi connectivity index (χ4v) is 2.98. The molecule has 0 aliphatic heterocycles. The van der Waals surface area contributed by atoms with Crippen LogP contribution < -0.4 is 0 Å². The Morgan fingerprint density at radius 1 is 1.21 bits per heavy atom. The van der Waals surface area contributed by atoms with E-state index in [1.165, 1.54) is 32.1 Å². The normalized spacial score (nSPS) is 18.5. The first-order valence-corrected chi connectivity index (χ1v) is 7.48. The molecular formula is C17H25NO. The summed E-state index contributed by atoms with van der Waals surface area (Å²) in [5.74, 6) is 1.02. The van der Waals surface area contributed by atoms with E-state index in [-0.39, 0.29) is 11.8 Å². The number of Topliss-reactive ketones (excluding diaryl/α,β-unsaturated/α-hetero) is 1. The van der Waals surface area contributed by atoms with Gasteiger partial charge < -0.3 is 0 Å². The monoisotopic (exact) mass is 259 g/mol. The lowest BCUT2D eigenvalue weighted by atomic mass is 9.88. The van der Waals surface area contributed by atoms with Crippen LogP contribution in [0.5, 0.6) is 0 Å². The number of hydrogen-bond acceptors (Lipinski definition) is 2. The van der Waals surface area contributed by atoms with Crippen molar-refractivity contribution in [2.45, 2.75) is 45.1 Å². The third-order valence-electron chi connectivity index (χ3n) is 4.37. The van der Waals surface area contributed by atoms with Gasteiger partial charge in [-0.05, 0) is 32.7 Å². The largest absolute Gasteiger partial charge is 0.296 e. The Bertz CT molecular complexity index is 395. The Morgan fingerprint density at radius 2 is 1.84 bits per heavy atom. The molecule has 0 amide bonds. The molecule has 0 saturated heterocycles. The maximum absolute atomic E-state index is 12.4. The minimum Gasteiger partial charge on any atom is -0.296 e. The van der Waals surface area contributed by atoms with Crippen LogP contribution in [0.1, 0.15) is 49.4 Å². The highest BCUT2D eigenvalue weighted by Crippen LogP contribution is 2.24. The lowest BCUT2D eigenvalue weighted by molar-refractivity contribution is 0.0842. The van der Waals surface area contributed by atoms with Gasteiger partial charge in [-0.15, -0.1) is 0 Å². The Kier molecular flexibility index (Phi) is 5.15. The summed E-state index contributed by atoms with van der Waals surface area (Å²) in [7, 11) is 2.08. The average molecular weight is 259 g/mol. The number of rotatable bonds is 5. The summed E-state index contributed by atoms with van der Waals surface area (Å²) in [6.45, 7) is 3.08. The number of nitrogens with zero attached hydrogens (tertiary/aromatic N) is 1. The van der Waals surface area contributed by atoms with E-state index in [9.17, 15) is 4.79 Å². The molecule has 0 heterocycles. The Balaban J connectivity index is 1.91. The van der Waals surface area contributed by atoms with Crippen molar-refractivity contribution in [1.29, 1.82) is 0 Å². The van der Waals surface area contributed by atoms with Crippen LogP contribution in [-0.4, -0.2) is 30.3 Å². The molecule has 0 radical (unpaired) electrons. The van der Waals surface area contributed by atoms with Gasteiger partial charge in [-0.2, -0.15) is 0 Å². The van der Waals surface area contributed by atoms with Crippen molar-refractivity contribution in [3.8, 4) is 0 Å². The second kappa shape index (κ2) is 6.85. The first-order valence-electron chi connectivity index (χ1n) is 7.48. The SMILES string of the molecule is CC(C(=O)c1ccccc1)N(C)CC1CCCCC1. The van der Waals surface area contributed by atoms with E-state index in [0.717, 1.165) is 18.0 Å². The zero-order valence-electron chi connectivity index (χ0n) is 12.1. The molecule has 19 heavy (non-hydrogen) atoms. The van der Waals surface area contributed by atoms with E-state index >= 15 is 0 Å². The van der Waals surface area contributed by atoms with E-state index in [2.05, 4.69) is 11.9 Å². The average Bonchev–Trinajstić information content (AvgIpc) is 2.47. The predicted octanol–water partition coefficient (Wildman–Crippen LogP) is 3.77. The van der Waals surface area contributed by atoms with E-state index < -0.39 is 0 Å². The van der Waals surface area contributed by atoms with Gasteiger partial charge in [-0.1, -0.05) is 49.6 Å². The van der Waals surface area contributed by atoms with Crippen LogP contribution in [0, 0.1) is 5.92 Å². The van der Waals surface area contributed by atoms with Crippen molar-refractivity contribution in [3.63, 3.8) is 0 Å². The summed E-state index contributed by atoms with van der Waals surface area (Å²) >= 11 is 0. The number of ketones is 1. The van der Waals surface area contributed by atoms with Crippen molar-refractivity contribution < 1.29 is 4.79 Å². The highest BCUT2D eigenvalue weighted by molar-refractivity contribution is 5.99. The van der Waals surface area contributed by atoms with Gasteiger partial charge in [0.05, 0.1) is 6.04 Å². The fourth-order valence-electron chi connectivity index (χ4n) is 2.98. The van der Waals surface area contributed by atoms with Crippen molar-refractivity contribution in [2.75, 3.05) is 13.6 Å². The van der Waals surface area contributed by atoms with Crippen LogP contribution in [0.4, 0.5) is 0 Å². The van der Waals surface area contributed by atoms with Crippen molar-refractivity contribution in [1.82, 2.24) is 4.90 Å². The second-order valence-corrected chi connectivity index (χ2v) is 5.85. The zero-order valence-corrected chi connectivity index (χ0v) is 12.1. The molecule has 1 aromatic rings.